The maximum Gasteiger partial charge on any atom is 0.295 e. The van der Waals surface area contributed by atoms with Gasteiger partial charge >= 0.3 is 0 Å². The molecule has 0 aliphatic carbocycles. The maximum atomic E-state index is 13.0. The molecule has 6 nitrogen and oxygen atoms in total. The number of benzene rings is 2. The average Bonchev–Trinajstić information content (AvgIpc) is 2.95. The van der Waals surface area contributed by atoms with Gasteiger partial charge in [-0.2, -0.15) is 0 Å². The van der Waals surface area contributed by atoms with E-state index in [1.54, 1.807) is 30.3 Å². The van der Waals surface area contributed by atoms with Crippen molar-refractivity contribution in [2.45, 2.75) is 26.3 Å². The Kier molecular flexibility index (Phi) is 6.72. The van der Waals surface area contributed by atoms with Gasteiger partial charge in [0.2, 0.25) is 0 Å². The summed E-state index contributed by atoms with van der Waals surface area (Å²) >= 11 is 6.03. The van der Waals surface area contributed by atoms with Crippen LogP contribution < -0.4 is 0 Å². The molecule has 1 aliphatic heterocycles. The molecular weight excluding hydrogens is 416 g/mol. The topological polar surface area (TPSA) is 81.1 Å². The lowest BCUT2D eigenvalue weighted by Crippen LogP contribution is -2.32. The molecule has 0 radical (unpaired) electrons. The van der Waals surface area contributed by atoms with Gasteiger partial charge < -0.3 is 20.0 Å². The number of halogens is 1. The van der Waals surface area contributed by atoms with Crippen LogP contribution in [0.5, 0.6) is 5.75 Å². The second kappa shape index (κ2) is 9.12. The van der Waals surface area contributed by atoms with Crippen molar-refractivity contribution >= 4 is 29.1 Å². The fourth-order valence-corrected chi connectivity index (χ4v) is 3.92. The highest BCUT2D eigenvalue weighted by Gasteiger charge is 2.46. The molecule has 1 saturated heterocycles. The first-order chi connectivity index (χ1) is 14.6. The molecule has 164 valence electrons. The summed E-state index contributed by atoms with van der Waals surface area (Å²) in [6.07, 6.45) is 0.666. The van der Waals surface area contributed by atoms with E-state index in [1.807, 2.05) is 32.8 Å². The number of phenols is 1. The number of aliphatic hydroxyl groups is 1. The first kappa shape index (κ1) is 22.8. The van der Waals surface area contributed by atoms with E-state index >= 15 is 0 Å². The number of carbonyl (C=O) groups is 2. The monoisotopic (exact) mass is 442 g/mol. The van der Waals surface area contributed by atoms with Gasteiger partial charge in [-0.15, -0.1) is 0 Å². The van der Waals surface area contributed by atoms with Crippen LogP contribution in [0.2, 0.25) is 5.02 Å². The van der Waals surface area contributed by atoms with Crippen molar-refractivity contribution < 1.29 is 19.8 Å². The van der Waals surface area contributed by atoms with E-state index in [0.717, 1.165) is 17.7 Å². The molecule has 1 atom stereocenters. The predicted molar refractivity (Wildman–Crippen MR) is 121 cm³/mol. The molecule has 1 amide bonds. The molecule has 7 heteroatoms. The van der Waals surface area contributed by atoms with Gasteiger partial charge in [-0.1, -0.05) is 23.7 Å². The van der Waals surface area contributed by atoms with Gasteiger partial charge in [0, 0.05) is 11.6 Å². The van der Waals surface area contributed by atoms with Gasteiger partial charge in [0.25, 0.3) is 11.7 Å². The first-order valence-electron chi connectivity index (χ1n) is 10.1. The molecule has 2 aromatic rings. The predicted octanol–water partition coefficient (Wildman–Crippen LogP) is 4.04. The lowest BCUT2D eigenvalue weighted by Gasteiger charge is -2.26. The summed E-state index contributed by atoms with van der Waals surface area (Å²) in [6.45, 7) is 4.79. The number of aromatic hydroxyl groups is 1. The Hall–Kier alpha value is -2.83. The smallest absolute Gasteiger partial charge is 0.295 e. The van der Waals surface area contributed by atoms with Crippen molar-refractivity contribution in [2.75, 3.05) is 27.2 Å². The van der Waals surface area contributed by atoms with Crippen molar-refractivity contribution in [2.24, 2.45) is 0 Å². The van der Waals surface area contributed by atoms with Crippen LogP contribution in [0.1, 0.15) is 34.7 Å². The lowest BCUT2D eigenvalue weighted by molar-refractivity contribution is -0.139. The molecule has 1 fully saturated rings. The third-order valence-electron chi connectivity index (χ3n) is 5.60. The summed E-state index contributed by atoms with van der Waals surface area (Å²) in [5.41, 5.74) is 2.47. The van der Waals surface area contributed by atoms with E-state index in [-0.39, 0.29) is 22.6 Å². The zero-order valence-corrected chi connectivity index (χ0v) is 18.9. The minimum atomic E-state index is -0.764. The number of carbonyl (C=O) groups excluding carboxylic acids is 2. The highest BCUT2D eigenvalue weighted by molar-refractivity contribution is 6.46. The van der Waals surface area contributed by atoms with Crippen LogP contribution in [-0.2, 0) is 9.59 Å². The number of rotatable bonds is 6. The minimum absolute atomic E-state index is 0.0317. The van der Waals surface area contributed by atoms with Gasteiger partial charge in [0.05, 0.1) is 17.2 Å². The summed E-state index contributed by atoms with van der Waals surface area (Å²) < 4.78 is 0. The third-order valence-corrected chi connectivity index (χ3v) is 5.85. The normalized spacial score (nSPS) is 18.3. The van der Waals surface area contributed by atoms with E-state index in [9.17, 15) is 19.8 Å². The van der Waals surface area contributed by atoms with Crippen LogP contribution in [0.4, 0.5) is 0 Å². The Balaban J connectivity index is 2.15. The number of phenolic OH excluding ortho intramolecular Hbond substituents is 1. The van der Waals surface area contributed by atoms with Crippen LogP contribution in [0.15, 0.2) is 42.0 Å². The number of ketones is 1. The van der Waals surface area contributed by atoms with Crippen molar-refractivity contribution in [3.63, 3.8) is 0 Å². The van der Waals surface area contributed by atoms with E-state index in [2.05, 4.69) is 0 Å². The molecule has 1 heterocycles. The number of nitrogens with zero attached hydrogens (tertiary/aromatic N) is 2. The second-order valence-electron chi connectivity index (χ2n) is 8.15. The summed E-state index contributed by atoms with van der Waals surface area (Å²) in [5, 5.41) is 22.1. The Bertz CT molecular complexity index is 1040. The number of hydrogen-bond acceptors (Lipinski definition) is 5. The highest BCUT2D eigenvalue weighted by atomic mass is 35.5. The van der Waals surface area contributed by atoms with Gasteiger partial charge in [-0.3, -0.25) is 9.59 Å². The molecule has 0 bridgehead atoms. The van der Waals surface area contributed by atoms with Crippen molar-refractivity contribution in [1.29, 1.82) is 0 Å². The molecule has 3 rings (SSSR count). The number of hydrogen-bond donors (Lipinski definition) is 2. The summed E-state index contributed by atoms with van der Waals surface area (Å²) in [5.74, 6) is -1.95. The van der Waals surface area contributed by atoms with Crippen LogP contribution in [0.25, 0.3) is 5.76 Å². The largest absolute Gasteiger partial charge is 0.507 e. The van der Waals surface area contributed by atoms with E-state index in [4.69, 9.17) is 11.6 Å². The zero-order chi connectivity index (χ0) is 22.9. The summed E-state index contributed by atoms with van der Waals surface area (Å²) in [7, 11) is 3.88. The van der Waals surface area contributed by atoms with Crippen LogP contribution in [0.3, 0.4) is 0 Å². The van der Waals surface area contributed by atoms with E-state index < -0.39 is 17.7 Å². The van der Waals surface area contributed by atoms with Crippen LogP contribution >= 0.6 is 11.6 Å². The standard InChI is InChI=1S/C24H27ClN2O4/c1-14-12-18(19(28)13-15(14)2)22(29)20-21(16-6-8-17(25)9-7-16)27(24(31)23(20)30)11-5-10-26(3)4/h6-9,12-13,21,28-29H,5,10-11H2,1-4H3/b22-20+. The molecule has 0 aromatic heterocycles. The van der Waals surface area contributed by atoms with Crippen LogP contribution in [0, 0.1) is 13.8 Å². The minimum Gasteiger partial charge on any atom is -0.507 e. The van der Waals surface area contributed by atoms with Gasteiger partial charge in [-0.25, -0.2) is 0 Å². The zero-order valence-electron chi connectivity index (χ0n) is 18.1. The van der Waals surface area contributed by atoms with Crippen molar-refractivity contribution in [1.82, 2.24) is 9.80 Å². The number of aryl methyl sites for hydroxylation is 2. The molecule has 1 unspecified atom stereocenters. The van der Waals surface area contributed by atoms with E-state index in [0.29, 0.717) is 23.6 Å². The molecule has 1 aliphatic rings. The number of aliphatic hydroxyl groups excluding tert-OH is 1. The third kappa shape index (κ3) is 4.60. The van der Waals surface area contributed by atoms with Crippen molar-refractivity contribution in [3.8, 4) is 5.75 Å². The van der Waals surface area contributed by atoms with Gasteiger partial charge in [-0.05, 0) is 81.9 Å². The molecule has 31 heavy (non-hydrogen) atoms. The summed E-state index contributed by atoms with van der Waals surface area (Å²) in [6, 6.07) is 9.25. The highest BCUT2D eigenvalue weighted by Crippen LogP contribution is 2.41. The Morgan fingerprint density at radius 1 is 1.10 bits per heavy atom. The number of likely N-dealkylation sites (tertiary alicyclic amines) is 1. The molecule has 2 N–H and O–H groups in total. The fourth-order valence-electron chi connectivity index (χ4n) is 3.80. The average molecular weight is 443 g/mol. The quantitative estimate of drug-likeness (QED) is 0.401. The Morgan fingerprint density at radius 2 is 1.71 bits per heavy atom. The number of amides is 1. The summed E-state index contributed by atoms with van der Waals surface area (Å²) in [4.78, 5) is 29.4. The molecule has 0 saturated carbocycles. The maximum absolute atomic E-state index is 13.0. The first-order valence-corrected chi connectivity index (χ1v) is 10.5. The Morgan fingerprint density at radius 3 is 2.32 bits per heavy atom. The molecule has 0 spiro atoms. The SMILES string of the molecule is Cc1cc(O)c(/C(O)=C2\C(=O)C(=O)N(CCCN(C)C)C2c2ccc(Cl)cc2)cc1C. The van der Waals surface area contributed by atoms with E-state index in [1.165, 1.54) is 11.0 Å². The van der Waals surface area contributed by atoms with Crippen LogP contribution in [-0.4, -0.2) is 58.9 Å². The fraction of sp³-hybridized carbons (Fsp3) is 0.333. The molecule has 2 aromatic carbocycles. The van der Waals surface area contributed by atoms with Gasteiger partial charge in [0.15, 0.2) is 0 Å². The van der Waals surface area contributed by atoms with Crippen molar-refractivity contribution in [3.05, 3.63) is 69.2 Å². The number of Topliss-reactive ketones (excluding diaryl/α,β-unsaturated/α-hetero) is 1. The molecular formula is C24H27ClN2O4. The second-order valence-corrected chi connectivity index (χ2v) is 8.59. The lowest BCUT2D eigenvalue weighted by atomic mass is 9.94. The van der Waals surface area contributed by atoms with Gasteiger partial charge in [0.1, 0.15) is 11.5 Å². The Labute approximate surface area is 187 Å².